The van der Waals surface area contributed by atoms with Gasteiger partial charge in [-0.2, -0.15) is 0 Å². The molecule has 0 aromatic rings. The van der Waals surface area contributed by atoms with Crippen LogP contribution in [0.25, 0.3) is 0 Å². The van der Waals surface area contributed by atoms with Gasteiger partial charge in [0.2, 0.25) is 0 Å². The van der Waals surface area contributed by atoms with Gasteiger partial charge < -0.3 is 0 Å². The van der Waals surface area contributed by atoms with E-state index in [0.717, 1.165) is 0 Å². The predicted octanol–water partition coefficient (Wildman–Crippen LogP) is 1.08. The first-order valence-electron chi connectivity index (χ1n) is 1.70. The van der Waals surface area contributed by atoms with Crippen molar-refractivity contribution in [2.45, 2.75) is 0 Å². The second-order valence-corrected chi connectivity index (χ2v) is 1.61. The Kier molecular flexibility index (Phi) is 5.44. The van der Waals surface area contributed by atoms with Crippen molar-refractivity contribution in [1.82, 2.24) is 0 Å². The molecule has 0 nitrogen and oxygen atoms in total. The van der Waals surface area contributed by atoms with E-state index in [1.165, 1.54) is 24.2 Å². The SMILES string of the molecule is C=C/C=C\[CH]=[Zr]. The minimum atomic E-state index is 1.44. The molecule has 0 rings (SSSR count). The number of rotatable bonds is 2. The van der Waals surface area contributed by atoms with Crippen LogP contribution < -0.4 is 0 Å². The van der Waals surface area contributed by atoms with Gasteiger partial charge >= 0.3 is 52.8 Å². The van der Waals surface area contributed by atoms with E-state index in [-0.39, 0.29) is 0 Å². The predicted molar refractivity (Wildman–Crippen MR) is 25.4 cm³/mol. The molecule has 0 heterocycles. The first kappa shape index (κ1) is 6.23. The van der Waals surface area contributed by atoms with Gasteiger partial charge in [0.1, 0.15) is 0 Å². The van der Waals surface area contributed by atoms with Crippen molar-refractivity contribution in [3.05, 3.63) is 24.8 Å². The third kappa shape index (κ3) is 4.23. The zero-order chi connectivity index (χ0) is 4.83. The molecule has 0 spiro atoms. The van der Waals surface area contributed by atoms with Crippen LogP contribution >= 0.6 is 0 Å². The maximum atomic E-state index is 3.50. The van der Waals surface area contributed by atoms with E-state index in [0.29, 0.717) is 0 Å². The summed E-state index contributed by atoms with van der Waals surface area (Å²) < 4.78 is 2.05. The molecule has 0 N–H and O–H groups in total. The molecule has 0 saturated heterocycles. The van der Waals surface area contributed by atoms with Gasteiger partial charge in [-0.15, -0.1) is 0 Å². The van der Waals surface area contributed by atoms with Crippen molar-refractivity contribution in [3.8, 4) is 0 Å². The molecule has 6 heavy (non-hydrogen) atoms. The van der Waals surface area contributed by atoms with Crippen molar-refractivity contribution >= 4 is 3.71 Å². The van der Waals surface area contributed by atoms with Crippen molar-refractivity contribution in [1.29, 1.82) is 0 Å². The molecule has 0 amide bonds. The Balaban J connectivity index is 3.17. The van der Waals surface area contributed by atoms with E-state index in [1.54, 1.807) is 6.08 Å². The fraction of sp³-hybridized carbons (Fsp3) is 0. The van der Waals surface area contributed by atoms with Gasteiger partial charge in [-0.3, -0.25) is 0 Å². The summed E-state index contributed by atoms with van der Waals surface area (Å²) in [6.07, 6.45) is 5.65. The zero-order valence-electron chi connectivity index (χ0n) is 3.52. The fourth-order valence-electron chi connectivity index (χ4n) is 0.134. The van der Waals surface area contributed by atoms with E-state index in [4.69, 9.17) is 0 Å². The molecule has 0 fully saturated rings. The first-order valence-corrected chi connectivity index (χ1v) is 3.12. The van der Waals surface area contributed by atoms with Gasteiger partial charge in [0.25, 0.3) is 0 Å². The summed E-state index contributed by atoms with van der Waals surface area (Å²) in [4.78, 5) is 0. The number of allylic oxidation sites excluding steroid dienone is 3. The molecule has 0 aliphatic carbocycles. The van der Waals surface area contributed by atoms with Crippen LogP contribution in [-0.2, 0) is 24.2 Å². The summed E-state index contributed by atoms with van der Waals surface area (Å²) in [7, 11) is 0. The van der Waals surface area contributed by atoms with E-state index in [2.05, 4.69) is 10.3 Å². The normalized spacial score (nSPS) is 8.50. The van der Waals surface area contributed by atoms with E-state index < -0.39 is 0 Å². The minimum absolute atomic E-state index is 1.44. The van der Waals surface area contributed by atoms with Crippen LogP contribution in [0.5, 0.6) is 0 Å². The van der Waals surface area contributed by atoms with Gasteiger partial charge in [-0.25, -0.2) is 0 Å². The Bertz CT molecular complexity index is 62.0. The van der Waals surface area contributed by atoms with Crippen LogP contribution in [0.15, 0.2) is 24.8 Å². The standard InChI is InChI=1S/C5H6.Zr/c1-3-5-4-2;/h1,3-5H,2H2;/b5-3-;. The monoisotopic (exact) mass is 156 g/mol. The van der Waals surface area contributed by atoms with E-state index >= 15 is 0 Å². The maximum absolute atomic E-state index is 3.50. The molecule has 0 aliphatic rings. The third-order valence-corrected chi connectivity index (χ3v) is 0.816. The van der Waals surface area contributed by atoms with Crippen LogP contribution in [0, 0.1) is 0 Å². The molecule has 1 heteroatoms. The summed E-state index contributed by atoms with van der Waals surface area (Å²) in [5, 5.41) is 0. The number of hydrogen-bond donors (Lipinski definition) is 0. The molecule has 0 atom stereocenters. The van der Waals surface area contributed by atoms with Crippen molar-refractivity contribution in [2.24, 2.45) is 0 Å². The Hall–Kier alpha value is 0.233. The summed E-state index contributed by atoms with van der Waals surface area (Å²) in [5.74, 6) is 0. The topological polar surface area (TPSA) is 0 Å². The van der Waals surface area contributed by atoms with Gasteiger partial charge in [0.15, 0.2) is 0 Å². The molecule has 0 saturated carbocycles. The van der Waals surface area contributed by atoms with E-state index in [9.17, 15) is 0 Å². The van der Waals surface area contributed by atoms with Gasteiger partial charge in [-0.1, -0.05) is 0 Å². The molecule has 0 aromatic carbocycles. The average molecular weight is 157 g/mol. The van der Waals surface area contributed by atoms with Gasteiger partial charge in [-0.05, 0) is 0 Å². The molecule has 0 aromatic heterocycles. The van der Waals surface area contributed by atoms with Crippen LogP contribution in [0.4, 0.5) is 0 Å². The summed E-state index contributed by atoms with van der Waals surface area (Å²) in [6.45, 7) is 3.50. The molecule has 30 valence electrons. The molecule has 0 radical (unpaired) electrons. The Morgan fingerprint density at radius 2 is 2.00 bits per heavy atom. The average Bonchev–Trinajstić information content (AvgIpc) is 1.61. The summed E-state index contributed by atoms with van der Waals surface area (Å²) in [5.41, 5.74) is 0. The summed E-state index contributed by atoms with van der Waals surface area (Å²) in [6, 6.07) is 0. The van der Waals surface area contributed by atoms with Crippen molar-refractivity contribution in [3.63, 3.8) is 0 Å². The van der Waals surface area contributed by atoms with Gasteiger partial charge in [0, 0.05) is 0 Å². The van der Waals surface area contributed by atoms with Crippen LogP contribution in [0.3, 0.4) is 0 Å². The fourth-order valence-corrected chi connectivity index (χ4v) is 0.407. The van der Waals surface area contributed by atoms with E-state index in [1.807, 2.05) is 12.2 Å². The molecule has 0 bridgehead atoms. The molecular weight excluding hydrogens is 151 g/mol. The second-order valence-electron chi connectivity index (χ2n) is 0.787. The van der Waals surface area contributed by atoms with Crippen LogP contribution in [0.2, 0.25) is 0 Å². The van der Waals surface area contributed by atoms with Crippen LogP contribution in [0.1, 0.15) is 0 Å². The van der Waals surface area contributed by atoms with Crippen molar-refractivity contribution in [2.75, 3.05) is 0 Å². The quantitative estimate of drug-likeness (QED) is 0.526. The summed E-state index contributed by atoms with van der Waals surface area (Å²) >= 11 is 1.44. The van der Waals surface area contributed by atoms with Gasteiger partial charge in [0.05, 0.1) is 0 Å². The molecule has 0 aliphatic heterocycles. The molecule has 0 unspecified atom stereocenters. The molecular formula is C5H6Zr. The van der Waals surface area contributed by atoms with Crippen molar-refractivity contribution < 1.29 is 24.2 Å². The first-order chi connectivity index (χ1) is 2.91. The van der Waals surface area contributed by atoms with Crippen LogP contribution in [-0.4, -0.2) is 3.71 Å². The third-order valence-electron chi connectivity index (χ3n) is 0.343. The Morgan fingerprint density at radius 1 is 1.33 bits per heavy atom. The Labute approximate surface area is 52.9 Å². The zero-order valence-corrected chi connectivity index (χ0v) is 5.97. The number of hydrogen-bond acceptors (Lipinski definition) is 0. The second kappa shape index (κ2) is 5.23. The Morgan fingerprint density at radius 3 is 2.17 bits per heavy atom.